The van der Waals surface area contributed by atoms with Gasteiger partial charge in [0, 0.05) is 11.6 Å². The summed E-state index contributed by atoms with van der Waals surface area (Å²) in [6.45, 7) is 2.26. The van der Waals surface area contributed by atoms with Gasteiger partial charge in [0.25, 0.3) is 0 Å². The van der Waals surface area contributed by atoms with Gasteiger partial charge in [0.15, 0.2) is 0 Å². The lowest BCUT2D eigenvalue weighted by atomic mass is 9.49. The van der Waals surface area contributed by atoms with Crippen LogP contribution in [0.15, 0.2) is 29.3 Å². The van der Waals surface area contributed by atoms with E-state index in [1.807, 2.05) is 0 Å². The van der Waals surface area contributed by atoms with Crippen LogP contribution < -0.4 is 5.32 Å². The summed E-state index contributed by atoms with van der Waals surface area (Å²) in [4.78, 5) is 5.34. The molecule has 1 atom stereocenters. The average molecular weight is 335 g/mol. The van der Waals surface area contributed by atoms with E-state index in [1.54, 1.807) is 17.5 Å². The van der Waals surface area contributed by atoms with Crippen molar-refractivity contribution < 1.29 is 0 Å². The molecule has 132 valence electrons. The molecule has 2 heteroatoms. The number of nitrogens with zero attached hydrogens (tertiary/aromatic N) is 1. The van der Waals surface area contributed by atoms with Gasteiger partial charge in [-0.3, -0.25) is 4.99 Å². The van der Waals surface area contributed by atoms with E-state index in [0.29, 0.717) is 6.04 Å². The molecule has 6 aliphatic rings. The summed E-state index contributed by atoms with van der Waals surface area (Å²) in [5, 5.41) is 3.54. The molecule has 0 unspecified atom stereocenters. The lowest BCUT2D eigenvalue weighted by Gasteiger charge is -2.56. The smallest absolute Gasteiger partial charge is 0.0781 e. The lowest BCUT2D eigenvalue weighted by Crippen LogP contribution is -2.49. The van der Waals surface area contributed by atoms with E-state index >= 15 is 0 Å². The van der Waals surface area contributed by atoms with Gasteiger partial charge in [0.2, 0.25) is 0 Å². The normalized spacial score (nSPS) is 43.4. The minimum atomic E-state index is 0.213. The summed E-state index contributed by atoms with van der Waals surface area (Å²) in [5.41, 5.74) is 3.42. The molecule has 2 aliphatic heterocycles. The largest absolute Gasteiger partial charge is 0.317 e. The van der Waals surface area contributed by atoms with Gasteiger partial charge in [0.05, 0.1) is 6.04 Å². The molecule has 1 aromatic carbocycles. The molecule has 1 spiro atoms. The fraction of sp³-hybridized carbons (Fsp3) is 0.696. The van der Waals surface area contributed by atoms with E-state index < -0.39 is 0 Å². The molecule has 1 N–H and O–H groups in total. The first-order chi connectivity index (χ1) is 12.3. The van der Waals surface area contributed by atoms with Crippen LogP contribution in [0.5, 0.6) is 0 Å². The number of rotatable bonds is 1. The van der Waals surface area contributed by atoms with Gasteiger partial charge in [-0.25, -0.2) is 0 Å². The van der Waals surface area contributed by atoms with Crippen molar-refractivity contribution in [1.29, 1.82) is 0 Å². The molecule has 7 rings (SSSR count). The van der Waals surface area contributed by atoms with E-state index in [9.17, 15) is 0 Å². The summed E-state index contributed by atoms with van der Waals surface area (Å²) in [6, 6.07) is 9.82. The molecule has 4 bridgehead atoms. The van der Waals surface area contributed by atoms with Crippen LogP contribution in [0.25, 0.3) is 0 Å². The zero-order valence-electron chi connectivity index (χ0n) is 15.2. The van der Waals surface area contributed by atoms with E-state index in [4.69, 9.17) is 4.99 Å². The Morgan fingerprint density at radius 2 is 1.56 bits per heavy atom. The maximum absolute atomic E-state index is 5.34. The van der Waals surface area contributed by atoms with Crippen LogP contribution >= 0.6 is 0 Å². The highest BCUT2D eigenvalue weighted by molar-refractivity contribution is 5.77. The second-order valence-corrected chi connectivity index (χ2v) is 9.72. The minimum Gasteiger partial charge on any atom is -0.317 e. The Kier molecular flexibility index (Phi) is 3.25. The summed E-state index contributed by atoms with van der Waals surface area (Å²) in [7, 11) is 0. The Balaban J connectivity index is 1.41. The Hall–Kier alpha value is -1.15. The van der Waals surface area contributed by atoms with Crippen molar-refractivity contribution in [2.24, 2.45) is 34.6 Å². The number of hydrogen-bond acceptors (Lipinski definition) is 2. The molecule has 2 nitrogen and oxygen atoms in total. The van der Waals surface area contributed by atoms with Crippen molar-refractivity contribution >= 4 is 6.21 Å². The fourth-order valence-corrected chi connectivity index (χ4v) is 7.64. The molecule has 25 heavy (non-hydrogen) atoms. The lowest BCUT2D eigenvalue weighted by molar-refractivity contribution is -0.0473. The van der Waals surface area contributed by atoms with Gasteiger partial charge in [-0.2, -0.15) is 0 Å². The first kappa shape index (κ1) is 15.0. The van der Waals surface area contributed by atoms with Gasteiger partial charge in [0.1, 0.15) is 0 Å². The Morgan fingerprint density at radius 1 is 0.880 bits per heavy atom. The van der Waals surface area contributed by atoms with Gasteiger partial charge in [-0.05, 0) is 98.8 Å². The SMILES string of the molecule is C1=N[C@H](C2C3CC4CC(C3)CC2C4)c2ccccc2C12CCNCC2. The highest BCUT2D eigenvalue weighted by Gasteiger charge is 2.52. The number of benzene rings is 1. The van der Waals surface area contributed by atoms with Crippen LogP contribution in [0.2, 0.25) is 0 Å². The highest BCUT2D eigenvalue weighted by Crippen LogP contribution is 2.61. The van der Waals surface area contributed by atoms with Crippen LogP contribution in [-0.4, -0.2) is 19.3 Å². The zero-order chi connectivity index (χ0) is 16.4. The molecule has 4 saturated carbocycles. The van der Waals surface area contributed by atoms with Crippen LogP contribution in [0, 0.1) is 29.6 Å². The first-order valence-corrected chi connectivity index (χ1v) is 10.7. The maximum atomic E-state index is 5.34. The second-order valence-electron chi connectivity index (χ2n) is 9.72. The van der Waals surface area contributed by atoms with Crippen molar-refractivity contribution in [2.75, 3.05) is 13.1 Å². The first-order valence-electron chi connectivity index (χ1n) is 10.7. The molecule has 2 heterocycles. The molecule has 4 aliphatic carbocycles. The molecule has 5 fully saturated rings. The van der Waals surface area contributed by atoms with E-state index in [-0.39, 0.29) is 5.41 Å². The minimum absolute atomic E-state index is 0.213. The molecular formula is C23H30N2. The third-order valence-corrected chi connectivity index (χ3v) is 8.46. The number of fused-ring (bicyclic) bond motifs is 2. The molecule has 1 aromatic rings. The molecule has 0 aromatic heterocycles. The monoisotopic (exact) mass is 334 g/mol. The summed E-state index contributed by atoms with van der Waals surface area (Å²) in [6.07, 6.45) is 12.4. The number of nitrogens with one attached hydrogen (secondary N) is 1. The summed E-state index contributed by atoms with van der Waals surface area (Å²) in [5.74, 6) is 4.83. The van der Waals surface area contributed by atoms with Crippen molar-refractivity contribution in [2.45, 2.75) is 56.4 Å². The third kappa shape index (κ3) is 2.16. The Labute approximate surface area is 151 Å². The van der Waals surface area contributed by atoms with Crippen LogP contribution in [-0.2, 0) is 5.41 Å². The maximum Gasteiger partial charge on any atom is 0.0781 e. The van der Waals surface area contributed by atoms with Crippen molar-refractivity contribution in [3.05, 3.63) is 35.4 Å². The van der Waals surface area contributed by atoms with E-state index in [1.165, 1.54) is 38.5 Å². The average Bonchev–Trinajstić information content (AvgIpc) is 2.64. The van der Waals surface area contributed by atoms with Gasteiger partial charge in [-0.1, -0.05) is 24.3 Å². The van der Waals surface area contributed by atoms with Crippen LogP contribution in [0.4, 0.5) is 0 Å². The van der Waals surface area contributed by atoms with E-state index in [0.717, 1.165) is 42.7 Å². The number of piperidine rings is 1. The summed E-state index contributed by atoms with van der Waals surface area (Å²) < 4.78 is 0. The quantitative estimate of drug-likeness (QED) is 0.803. The van der Waals surface area contributed by atoms with Gasteiger partial charge >= 0.3 is 0 Å². The van der Waals surface area contributed by atoms with Crippen molar-refractivity contribution in [3.63, 3.8) is 0 Å². The fourth-order valence-electron chi connectivity index (χ4n) is 7.64. The predicted octanol–water partition coefficient (Wildman–Crippen LogP) is 4.51. The second kappa shape index (κ2) is 5.42. The van der Waals surface area contributed by atoms with Gasteiger partial charge in [-0.15, -0.1) is 0 Å². The van der Waals surface area contributed by atoms with Crippen LogP contribution in [0.3, 0.4) is 0 Å². The number of hydrogen-bond donors (Lipinski definition) is 1. The van der Waals surface area contributed by atoms with Crippen molar-refractivity contribution in [3.8, 4) is 0 Å². The summed E-state index contributed by atoms with van der Waals surface area (Å²) >= 11 is 0. The zero-order valence-corrected chi connectivity index (χ0v) is 15.2. The standard InChI is InChI=1S/C23H30N2/c1-2-4-20-19(3-1)22(25-14-23(20)5-7-24-8-6-23)21-17-10-15-9-16(12-17)13-18(21)11-15/h1-4,14-18,21-22,24H,5-13H2/t15?,16?,17?,18?,21?,22-/m0/s1. The van der Waals surface area contributed by atoms with E-state index in [2.05, 4.69) is 35.8 Å². The third-order valence-electron chi connectivity index (χ3n) is 8.46. The Morgan fingerprint density at radius 3 is 2.28 bits per heavy atom. The van der Waals surface area contributed by atoms with Gasteiger partial charge < -0.3 is 5.32 Å². The molecule has 1 saturated heterocycles. The highest BCUT2D eigenvalue weighted by atomic mass is 14.9. The molecule has 0 amide bonds. The predicted molar refractivity (Wildman–Crippen MR) is 102 cm³/mol. The number of aliphatic imine (C=N–C) groups is 1. The van der Waals surface area contributed by atoms with Crippen molar-refractivity contribution in [1.82, 2.24) is 5.32 Å². The topological polar surface area (TPSA) is 24.4 Å². The Bertz CT molecular complexity index is 672. The molecular weight excluding hydrogens is 304 g/mol. The van der Waals surface area contributed by atoms with Crippen LogP contribution in [0.1, 0.15) is 62.1 Å². The molecule has 0 radical (unpaired) electrons.